The molecule has 25 heavy (non-hydrogen) atoms. The molecule has 0 aromatic heterocycles. The van der Waals surface area contributed by atoms with Gasteiger partial charge in [0.2, 0.25) is 5.91 Å². The van der Waals surface area contributed by atoms with Crippen molar-refractivity contribution in [2.75, 3.05) is 6.54 Å². The Bertz CT molecular complexity index is 670. The molecule has 0 aliphatic carbocycles. The molecule has 2 atom stereocenters. The van der Waals surface area contributed by atoms with Crippen LogP contribution in [0.25, 0.3) is 0 Å². The smallest absolute Gasteiger partial charge is 0.326 e. The predicted octanol–water partition coefficient (Wildman–Crippen LogP) is 0.967. The van der Waals surface area contributed by atoms with Gasteiger partial charge in [0, 0.05) is 5.56 Å². The number of urea groups is 1. The molecule has 1 aliphatic rings. The summed E-state index contributed by atoms with van der Waals surface area (Å²) in [7, 11) is 0. The summed E-state index contributed by atoms with van der Waals surface area (Å²) in [6.45, 7) is 3.74. The number of nitrogens with one attached hydrogen (secondary N) is 2. The zero-order chi connectivity index (χ0) is 18.6. The SMILES string of the molecule is CC[C@H](C)[C@H](NC(=O)c1ccc(CN2C(=O)CNC2=O)cc1)C(=O)O. The van der Waals surface area contributed by atoms with Crippen LogP contribution in [0.15, 0.2) is 24.3 Å². The molecule has 4 amide bonds. The number of carbonyl (C=O) groups is 4. The largest absolute Gasteiger partial charge is 0.480 e. The van der Waals surface area contributed by atoms with Gasteiger partial charge in [-0.1, -0.05) is 32.4 Å². The third-order valence-electron chi connectivity index (χ3n) is 4.26. The first-order valence-electron chi connectivity index (χ1n) is 8.04. The molecule has 3 N–H and O–H groups in total. The van der Waals surface area contributed by atoms with Crippen molar-refractivity contribution in [2.24, 2.45) is 5.92 Å². The van der Waals surface area contributed by atoms with E-state index in [1.807, 2.05) is 6.92 Å². The van der Waals surface area contributed by atoms with Crippen LogP contribution in [-0.2, 0) is 16.1 Å². The van der Waals surface area contributed by atoms with E-state index in [9.17, 15) is 24.3 Å². The minimum Gasteiger partial charge on any atom is -0.480 e. The first-order valence-corrected chi connectivity index (χ1v) is 8.04. The molecule has 0 spiro atoms. The molecule has 0 unspecified atom stereocenters. The van der Waals surface area contributed by atoms with E-state index in [2.05, 4.69) is 10.6 Å². The van der Waals surface area contributed by atoms with Crippen molar-refractivity contribution >= 4 is 23.8 Å². The number of hydrogen-bond acceptors (Lipinski definition) is 4. The average Bonchev–Trinajstić information content (AvgIpc) is 2.91. The van der Waals surface area contributed by atoms with Crippen molar-refractivity contribution in [1.29, 1.82) is 0 Å². The Kier molecular flexibility index (Phi) is 5.74. The van der Waals surface area contributed by atoms with Gasteiger partial charge in [-0.25, -0.2) is 9.59 Å². The van der Waals surface area contributed by atoms with Crippen molar-refractivity contribution in [2.45, 2.75) is 32.9 Å². The zero-order valence-corrected chi connectivity index (χ0v) is 14.1. The summed E-state index contributed by atoms with van der Waals surface area (Å²) in [5, 5.41) is 14.2. The van der Waals surface area contributed by atoms with Crippen molar-refractivity contribution in [3.05, 3.63) is 35.4 Å². The van der Waals surface area contributed by atoms with Crippen LogP contribution in [0, 0.1) is 5.92 Å². The summed E-state index contributed by atoms with van der Waals surface area (Å²) in [6, 6.07) is 4.95. The van der Waals surface area contributed by atoms with Crippen LogP contribution in [0.4, 0.5) is 4.79 Å². The highest BCUT2D eigenvalue weighted by atomic mass is 16.4. The normalized spacial score (nSPS) is 16.3. The number of hydrogen-bond donors (Lipinski definition) is 3. The van der Waals surface area contributed by atoms with E-state index in [1.54, 1.807) is 31.2 Å². The number of carboxylic acids is 1. The van der Waals surface area contributed by atoms with Crippen molar-refractivity contribution in [3.63, 3.8) is 0 Å². The quantitative estimate of drug-likeness (QED) is 0.636. The number of aliphatic carboxylic acids is 1. The topological polar surface area (TPSA) is 116 Å². The average molecular weight is 347 g/mol. The molecule has 1 aromatic carbocycles. The van der Waals surface area contributed by atoms with E-state index >= 15 is 0 Å². The molecular formula is C17H21N3O5. The van der Waals surface area contributed by atoms with Crippen LogP contribution in [0.3, 0.4) is 0 Å². The van der Waals surface area contributed by atoms with Gasteiger partial charge in [0.25, 0.3) is 5.91 Å². The fourth-order valence-electron chi connectivity index (χ4n) is 2.47. The lowest BCUT2D eigenvalue weighted by Gasteiger charge is -2.20. The maximum atomic E-state index is 12.2. The molecule has 1 heterocycles. The monoisotopic (exact) mass is 347 g/mol. The van der Waals surface area contributed by atoms with Crippen LogP contribution in [0.5, 0.6) is 0 Å². The summed E-state index contributed by atoms with van der Waals surface area (Å²) < 4.78 is 0. The lowest BCUT2D eigenvalue weighted by molar-refractivity contribution is -0.140. The van der Waals surface area contributed by atoms with Crippen molar-refractivity contribution in [3.8, 4) is 0 Å². The van der Waals surface area contributed by atoms with E-state index in [-0.39, 0.29) is 24.9 Å². The van der Waals surface area contributed by atoms with E-state index in [1.165, 1.54) is 0 Å². The second-order valence-electron chi connectivity index (χ2n) is 6.01. The standard InChI is InChI=1S/C17H21N3O5/c1-3-10(2)14(16(23)24)19-15(22)12-6-4-11(5-7-12)9-20-13(21)8-18-17(20)25/h4-7,10,14H,3,8-9H2,1-2H3,(H,18,25)(H,19,22)(H,23,24)/t10-,14-/m0/s1. The van der Waals surface area contributed by atoms with Gasteiger partial charge in [-0.15, -0.1) is 0 Å². The van der Waals surface area contributed by atoms with Crippen LogP contribution >= 0.6 is 0 Å². The number of carboxylic acid groups (broad SMARTS) is 1. The summed E-state index contributed by atoms with van der Waals surface area (Å²) in [5.41, 5.74) is 1.01. The molecule has 1 fully saturated rings. The summed E-state index contributed by atoms with van der Waals surface area (Å²) in [6.07, 6.45) is 0.627. The third-order valence-corrected chi connectivity index (χ3v) is 4.26. The fraction of sp³-hybridized carbons (Fsp3) is 0.412. The Hall–Kier alpha value is -2.90. The summed E-state index contributed by atoms with van der Waals surface area (Å²) in [5.74, 6) is -2.04. The van der Waals surface area contributed by atoms with E-state index in [0.29, 0.717) is 17.5 Å². The number of amides is 4. The summed E-state index contributed by atoms with van der Waals surface area (Å²) in [4.78, 5) is 47.7. The lowest BCUT2D eigenvalue weighted by atomic mass is 9.99. The molecular weight excluding hydrogens is 326 g/mol. The molecule has 1 aromatic rings. The second-order valence-corrected chi connectivity index (χ2v) is 6.01. The zero-order valence-electron chi connectivity index (χ0n) is 14.1. The third kappa shape index (κ3) is 4.34. The van der Waals surface area contributed by atoms with Gasteiger partial charge in [0.1, 0.15) is 6.04 Å². The maximum absolute atomic E-state index is 12.2. The first kappa shape index (κ1) is 18.4. The number of imide groups is 1. The van der Waals surface area contributed by atoms with Crippen molar-refractivity contribution in [1.82, 2.24) is 15.5 Å². The molecule has 0 bridgehead atoms. The van der Waals surface area contributed by atoms with Crippen LogP contribution in [0.2, 0.25) is 0 Å². The van der Waals surface area contributed by atoms with E-state index < -0.39 is 23.9 Å². The van der Waals surface area contributed by atoms with Gasteiger partial charge in [0.15, 0.2) is 0 Å². The lowest BCUT2D eigenvalue weighted by Crippen LogP contribution is -2.45. The van der Waals surface area contributed by atoms with E-state index in [4.69, 9.17) is 0 Å². The molecule has 0 saturated carbocycles. The number of rotatable bonds is 7. The van der Waals surface area contributed by atoms with Gasteiger partial charge in [-0.05, 0) is 23.6 Å². The van der Waals surface area contributed by atoms with Crippen LogP contribution < -0.4 is 10.6 Å². The maximum Gasteiger partial charge on any atom is 0.326 e. The Morgan fingerprint density at radius 1 is 1.28 bits per heavy atom. The molecule has 1 aliphatic heterocycles. The van der Waals surface area contributed by atoms with Gasteiger partial charge < -0.3 is 15.7 Å². The van der Waals surface area contributed by atoms with Gasteiger partial charge in [0.05, 0.1) is 13.1 Å². The van der Waals surface area contributed by atoms with Crippen LogP contribution in [0.1, 0.15) is 36.2 Å². The molecule has 0 radical (unpaired) electrons. The highest BCUT2D eigenvalue weighted by molar-refractivity contribution is 6.02. The van der Waals surface area contributed by atoms with Gasteiger partial charge in [-0.2, -0.15) is 0 Å². The molecule has 1 saturated heterocycles. The molecule has 8 nitrogen and oxygen atoms in total. The summed E-state index contributed by atoms with van der Waals surface area (Å²) >= 11 is 0. The molecule has 2 rings (SSSR count). The second kappa shape index (κ2) is 7.78. The Morgan fingerprint density at radius 3 is 2.40 bits per heavy atom. The number of carbonyl (C=O) groups excluding carboxylic acids is 3. The number of nitrogens with zero attached hydrogens (tertiary/aromatic N) is 1. The predicted molar refractivity (Wildman–Crippen MR) is 88.7 cm³/mol. The van der Waals surface area contributed by atoms with Crippen LogP contribution in [-0.4, -0.2) is 46.4 Å². The minimum absolute atomic E-state index is 0.00842. The Balaban J connectivity index is 2.03. The van der Waals surface area contributed by atoms with E-state index in [0.717, 1.165) is 4.90 Å². The van der Waals surface area contributed by atoms with Gasteiger partial charge in [-0.3, -0.25) is 14.5 Å². The first-order chi connectivity index (χ1) is 11.8. The fourth-order valence-corrected chi connectivity index (χ4v) is 2.47. The minimum atomic E-state index is -1.07. The number of benzene rings is 1. The highest BCUT2D eigenvalue weighted by Crippen LogP contribution is 2.12. The van der Waals surface area contributed by atoms with Crippen molar-refractivity contribution < 1.29 is 24.3 Å². The Labute approximate surface area is 145 Å². The molecule has 8 heteroatoms. The highest BCUT2D eigenvalue weighted by Gasteiger charge is 2.28. The molecule has 134 valence electrons. The Morgan fingerprint density at radius 2 is 1.92 bits per heavy atom. The van der Waals surface area contributed by atoms with Gasteiger partial charge >= 0.3 is 12.0 Å².